The maximum Gasteiger partial charge on any atom is 0.257 e. The number of hydrogen-bond acceptors (Lipinski definition) is 3. The van der Waals surface area contributed by atoms with Crippen LogP contribution in [0, 0.1) is 5.82 Å². The smallest absolute Gasteiger partial charge is 0.257 e. The summed E-state index contributed by atoms with van der Waals surface area (Å²) in [6, 6.07) is 19.1. The number of amides is 2. The van der Waals surface area contributed by atoms with E-state index in [1.54, 1.807) is 24.3 Å². The highest BCUT2D eigenvalue weighted by atomic mass is 19.1. The number of unbranched alkanes of at least 4 members (excludes halogenated alkanes) is 1. The van der Waals surface area contributed by atoms with Gasteiger partial charge < -0.3 is 10.2 Å². The fourth-order valence-electron chi connectivity index (χ4n) is 4.53. The monoisotopic (exact) mass is 473 g/mol. The minimum absolute atomic E-state index is 0.140. The Morgan fingerprint density at radius 3 is 2.37 bits per heavy atom. The van der Waals surface area contributed by atoms with Gasteiger partial charge in [0, 0.05) is 0 Å². The summed E-state index contributed by atoms with van der Waals surface area (Å²) in [5.41, 5.74) is 3.68. The maximum atomic E-state index is 14.2. The molecular weight excluding hydrogens is 441 g/mol. The van der Waals surface area contributed by atoms with Crippen LogP contribution >= 0.6 is 0 Å². The zero-order valence-corrected chi connectivity index (χ0v) is 20.4. The van der Waals surface area contributed by atoms with Crippen molar-refractivity contribution in [2.45, 2.75) is 39.5 Å². The number of nitrogens with one attached hydrogen (secondary N) is 1. The van der Waals surface area contributed by atoms with Crippen LogP contribution in [0.2, 0.25) is 0 Å². The van der Waals surface area contributed by atoms with Crippen molar-refractivity contribution < 1.29 is 14.0 Å². The molecule has 0 spiro atoms. The number of rotatable bonds is 9. The Morgan fingerprint density at radius 1 is 0.914 bits per heavy atom. The number of benzene rings is 3. The van der Waals surface area contributed by atoms with Gasteiger partial charge in [0.15, 0.2) is 0 Å². The predicted molar refractivity (Wildman–Crippen MR) is 139 cm³/mol. The Bertz CT molecular complexity index is 1190. The van der Waals surface area contributed by atoms with Crippen LogP contribution in [0.3, 0.4) is 0 Å². The summed E-state index contributed by atoms with van der Waals surface area (Å²) in [4.78, 5) is 30.2. The predicted octanol–water partition coefficient (Wildman–Crippen LogP) is 5.96. The SMILES string of the molecule is CCN(CC)CCCCc1ccc(CC(=O)N2c3ccccc3NC(=O)c3ccc(F)cc32)cc1. The van der Waals surface area contributed by atoms with E-state index >= 15 is 0 Å². The third-order valence-corrected chi connectivity index (χ3v) is 6.55. The second-order valence-electron chi connectivity index (χ2n) is 8.84. The summed E-state index contributed by atoms with van der Waals surface area (Å²) in [6.45, 7) is 7.68. The molecule has 1 N–H and O–H groups in total. The fraction of sp³-hybridized carbons (Fsp3) is 0.310. The quantitative estimate of drug-likeness (QED) is 0.390. The molecule has 0 saturated heterocycles. The third-order valence-electron chi connectivity index (χ3n) is 6.55. The number of halogens is 1. The largest absolute Gasteiger partial charge is 0.320 e. The van der Waals surface area contributed by atoms with Crippen LogP contribution in [0.5, 0.6) is 0 Å². The van der Waals surface area contributed by atoms with Gasteiger partial charge >= 0.3 is 0 Å². The Hall–Kier alpha value is -3.51. The van der Waals surface area contributed by atoms with Gasteiger partial charge in [-0.05, 0) is 80.4 Å². The number of nitrogens with zero attached hydrogens (tertiary/aromatic N) is 2. The van der Waals surface area contributed by atoms with E-state index in [9.17, 15) is 14.0 Å². The first-order valence-corrected chi connectivity index (χ1v) is 12.3. The summed E-state index contributed by atoms with van der Waals surface area (Å²) in [5, 5.41) is 2.83. The van der Waals surface area contributed by atoms with Crippen molar-refractivity contribution in [1.82, 2.24) is 4.90 Å². The van der Waals surface area contributed by atoms with E-state index in [0.29, 0.717) is 11.4 Å². The highest BCUT2D eigenvalue weighted by Crippen LogP contribution is 2.38. The van der Waals surface area contributed by atoms with Crippen LogP contribution in [0.1, 0.15) is 48.2 Å². The van der Waals surface area contributed by atoms with E-state index in [1.807, 2.05) is 12.1 Å². The van der Waals surface area contributed by atoms with E-state index in [4.69, 9.17) is 0 Å². The second-order valence-corrected chi connectivity index (χ2v) is 8.84. The molecule has 0 aromatic heterocycles. The van der Waals surface area contributed by atoms with Crippen LogP contribution in [0.4, 0.5) is 21.5 Å². The molecule has 0 atom stereocenters. The molecule has 0 aliphatic carbocycles. The van der Waals surface area contributed by atoms with Crippen molar-refractivity contribution >= 4 is 28.9 Å². The van der Waals surface area contributed by atoms with E-state index in [1.165, 1.54) is 35.1 Å². The van der Waals surface area contributed by atoms with E-state index < -0.39 is 5.82 Å². The summed E-state index contributed by atoms with van der Waals surface area (Å²) in [7, 11) is 0. The molecule has 2 amide bonds. The van der Waals surface area contributed by atoms with Crippen molar-refractivity contribution in [3.63, 3.8) is 0 Å². The lowest BCUT2D eigenvalue weighted by Gasteiger charge is -2.24. The van der Waals surface area contributed by atoms with Gasteiger partial charge in [0.2, 0.25) is 5.91 Å². The normalized spacial score (nSPS) is 12.7. The molecule has 4 rings (SSSR count). The van der Waals surface area contributed by atoms with Gasteiger partial charge in [0.05, 0.1) is 29.0 Å². The molecule has 1 heterocycles. The topological polar surface area (TPSA) is 52.7 Å². The summed E-state index contributed by atoms with van der Waals surface area (Å²) in [6.07, 6.45) is 3.44. The lowest BCUT2D eigenvalue weighted by atomic mass is 10.0. The van der Waals surface area contributed by atoms with Crippen LogP contribution in [-0.2, 0) is 17.6 Å². The molecule has 0 saturated carbocycles. The number of para-hydroxylation sites is 2. The van der Waals surface area contributed by atoms with Crippen molar-refractivity contribution in [2.24, 2.45) is 0 Å². The minimum atomic E-state index is -0.501. The molecule has 182 valence electrons. The van der Waals surface area contributed by atoms with Crippen molar-refractivity contribution in [3.05, 3.63) is 89.2 Å². The molecule has 0 unspecified atom stereocenters. The first-order chi connectivity index (χ1) is 17.0. The van der Waals surface area contributed by atoms with Crippen molar-refractivity contribution in [3.8, 4) is 0 Å². The summed E-state index contributed by atoms with van der Waals surface area (Å²) in [5.74, 6) is -1.10. The van der Waals surface area contributed by atoms with Gasteiger partial charge in [-0.25, -0.2) is 4.39 Å². The molecule has 1 aliphatic heterocycles. The number of anilines is 3. The average molecular weight is 474 g/mol. The number of aryl methyl sites for hydroxylation is 1. The van der Waals surface area contributed by atoms with Gasteiger partial charge in [-0.1, -0.05) is 50.2 Å². The Morgan fingerprint density at radius 2 is 1.63 bits per heavy atom. The van der Waals surface area contributed by atoms with Crippen LogP contribution < -0.4 is 10.2 Å². The molecular formula is C29H32FN3O2. The van der Waals surface area contributed by atoms with E-state index in [2.05, 4.69) is 36.2 Å². The molecule has 3 aromatic rings. The fourth-order valence-corrected chi connectivity index (χ4v) is 4.53. The van der Waals surface area contributed by atoms with Gasteiger partial charge in [-0.3, -0.25) is 14.5 Å². The highest BCUT2D eigenvalue weighted by molar-refractivity contribution is 6.17. The lowest BCUT2D eigenvalue weighted by Crippen LogP contribution is -2.28. The zero-order chi connectivity index (χ0) is 24.8. The van der Waals surface area contributed by atoms with E-state index in [0.717, 1.165) is 38.0 Å². The maximum absolute atomic E-state index is 14.2. The number of hydrogen-bond donors (Lipinski definition) is 1. The lowest BCUT2D eigenvalue weighted by molar-refractivity contribution is -0.117. The van der Waals surface area contributed by atoms with Gasteiger partial charge in [-0.2, -0.15) is 0 Å². The Balaban J connectivity index is 1.49. The van der Waals surface area contributed by atoms with Crippen molar-refractivity contribution in [1.29, 1.82) is 0 Å². The molecule has 6 heteroatoms. The number of carbonyl (C=O) groups is 2. The Kier molecular flexibility index (Phi) is 7.93. The number of fused-ring (bicyclic) bond motifs is 2. The first kappa shape index (κ1) is 24.6. The van der Waals surface area contributed by atoms with Crippen molar-refractivity contribution in [2.75, 3.05) is 29.9 Å². The van der Waals surface area contributed by atoms with Crippen LogP contribution in [-0.4, -0.2) is 36.3 Å². The molecule has 0 radical (unpaired) electrons. The standard InChI is InChI=1S/C29H32FN3O2/c1-3-32(4-2)18-8-7-9-21-12-14-22(15-13-21)19-28(34)33-26-11-6-5-10-25(26)31-29(35)24-17-16-23(30)20-27(24)33/h5-6,10-17,20H,3-4,7-9,18-19H2,1-2H3,(H,31,35). The minimum Gasteiger partial charge on any atom is -0.320 e. The molecule has 0 fully saturated rings. The second kappa shape index (κ2) is 11.3. The molecule has 5 nitrogen and oxygen atoms in total. The zero-order valence-electron chi connectivity index (χ0n) is 20.4. The molecule has 1 aliphatic rings. The van der Waals surface area contributed by atoms with Gasteiger partial charge in [-0.15, -0.1) is 0 Å². The summed E-state index contributed by atoms with van der Waals surface area (Å²) >= 11 is 0. The molecule has 35 heavy (non-hydrogen) atoms. The van der Waals surface area contributed by atoms with Crippen LogP contribution in [0.25, 0.3) is 0 Å². The molecule has 0 bridgehead atoms. The summed E-state index contributed by atoms with van der Waals surface area (Å²) < 4.78 is 14.2. The third kappa shape index (κ3) is 5.77. The average Bonchev–Trinajstić information content (AvgIpc) is 2.98. The van der Waals surface area contributed by atoms with Gasteiger partial charge in [0.1, 0.15) is 5.82 Å². The highest BCUT2D eigenvalue weighted by Gasteiger charge is 2.29. The van der Waals surface area contributed by atoms with E-state index in [-0.39, 0.29) is 29.5 Å². The number of carbonyl (C=O) groups excluding carboxylic acids is 2. The first-order valence-electron chi connectivity index (χ1n) is 12.3. The Labute approximate surface area is 206 Å². The van der Waals surface area contributed by atoms with Crippen LogP contribution in [0.15, 0.2) is 66.7 Å². The molecule has 3 aromatic carbocycles. The van der Waals surface area contributed by atoms with Gasteiger partial charge in [0.25, 0.3) is 5.91 Å².